The summed E-state index contributed by atoms with van der Waals surface area (Å²) < 4.78 is 20.0. The van der Waals surface area contributed by atoms with Gasteiger partial charge < -0.3 is 18.9 Å². The van der Waals surface area contributed by atoms with Crippen LogP contribution in [-0.2, 0) is 19.1 Å². The predicted molar refractivity (Wildman–Crippen MR) is 114 cm³/mol. The normalized spacial score (nSPS) is 10.3. The predicted octanol–water partition coefficient (Wildman–Crippen LogP) is 3.52. The highest BCUT2D eigenvalue weighted by Gasteiger charge is 1.97. The molecule has 0 spiro atoms. The maximum atomic E-state index is 11.6. The van der Waals surface area contributed by atoms with E-state index in [1.807, 2.05) is 24.3 Å². The first kappa shape index (κ1) is 22.3. The molecule has 0 amide bonds. The monoisotopic (exact) mass is 406 g/mol. The molecule has 0 saturated carbocycles. The van der Waals surface area contributed by atoms with Crippen LogP contribution < -0.4 is 9.47 Å². The Balaban J connectivity index is 1.65. The largest absolute Gasteiger partial charge is 0.497 e. The molecule has 0 fully saturated rings. The van der Waals surface area contributed by atoms with E-state index in [1.54, 1.807) is 50.6 Å². The summed E-state index contributed by atoms with van der Waals surface area (Å²) in [6, 6.07) is 14.5. The van der Waals surface area contributed by atoms with Crippen LogP contribution in [0.3, 0.4) is 0 Å². The lowest BCUT2D eigenvalue weighted by atomic mass is 10.2. The Morgan fingerprint density at radius 2 is 1.07 bits per heavy atom. The second kappa shape index (κ2) is 12.5. The number of hydrogen-bond acceptors (Lipinski definition) is 6. The van der Waals surface area contributed by atoms with E-state index in [-0.39, 0.29) is 13.2 Å². The van der Waals surface area contributed by atoms with E-state index >= 15 is 0 Å². The van der Waals surface area contributed by atoms with Crippen LogP contribution in [0.1, 0.15) is 11.1 Å². The number of rotatable bonds is 8. The summed E-state index contributed by atoms with van der Waals surface area (Å²) >= 11 is 0. The van der Waals surface area contributed by atoms with E-state index in [1.165, 1.54) is 12.2 Å². The first-order valence-electron chi connectivity index (χ1n) is 9.04. The Morgan fingerprint density at radius 3 is 1.40 bits per heavy atom. The molecule has 0 unspecified atom stereocenters. The molecule has 2 aromatic carbocycles. The fourth-order valence-corrected chi connectivity index (χ4v) is 2.17. The van der Waals surface area contributed by atoms with Gasteiger partial charge in [0.25, 0.3) is 0 Å². The quantitative estimate of drug-likeness (QED) is 0.380. The molecular weight excluding hydrogens is 384 g/mol. The van der Waals surface area contributed by atoms with Gasteiger partial charge in [0.1, 0.15) is 11.5 Å². The van der Waals surface area contributed by atoms with Crippen molar-refractivity contribution in [2.24, 2.45) is 0 Å². The van der Waals surface area contributed by atoms with Crippen molar-refractivity contribution >= 4 is 24.1 Å². The van der Waals surface area contributed by atoms with E-state index in [0.717, 1.165) is 22.6 Å². The summed E-state index contributed by atoms with van der Waals surface area (Å²) in [6.45, 7) is -0.184. The van der Waals surface area contributed by atoms with Gasteiger partial charge in [-0.2, -0.15) is 0 Å². The van der Waals surface area contributed by atoms with Gasteiger partial charge in [-0.05, 0) is 47.5 Å². The molecule has 0 saturated heterocycles. The molecule has 2 aromatic rings. The average Bonchev–Trinajstić information content (AvgIpc) is 2.79. The van der Waals surface area contributed by atoms with Crippen molar-refractivity contribution in [3.05, 3.63) is 71.8 Å². The van der Waals surface area contributed by atoms with Gasteiger partial charge in [0.15, 0.2) is 13.2 Å². The number of hydrogen-bond donors (Lipinski definition) is 0. The van der Waals surface area contributed by atoms with Crippen molar-refractivity contribution in [3.63, 3.8) is 0 Å². The zero-order valence-electron chi connectivity index (χ0n) is 16.8. The summed E-state index contributed by atoms with van der Waals surface area (Å²) in [7, 11) is 3.17. The molecule has 30 heavy (non-hydrogen) atoms. The molecule has 6 nitrogen and oxygen atoms in total. The topological polar surface area (TPSA) is 71.1 Å². The summed E-state index contributed by atoms with van der Waals surface area (Å²) in [6.07, 6.45) is 5.89. The summed E-state index contributed by atoms with van der Waals surface area (Å²) in [5.74, 6) is 5.67. The fraction of sp³-hybridized carbons (Fsp3) is 0.167. The van der Waals surface area contributed by atoms with Crippen molar-refractivity contribution in [1.29, 1.82) is 0 Å². The average molecular weight is 406 g/mol. The third kappa shape index (κ3) is 8.36. The maximum Gasteiger partial charge on any atom is 0.331 e. The number of ether oxygens (including phenoxy) is 4. The highest BCUT2D eigenvalue weighted by molar-refractivity contribution is 5.87. The molecule has 0 aliphatic carbocycles. The molecule has 6 heteroatoms. The van der Waals surface area contributed by atoms with Gasteiger partial charge in [0.05, 0.1) is 14.2 Å². The minimum atomic E-state index is -0.514. The smallest absolute Gasteiger partial charge is 0.331 e. The van der Waals surface area contributed by atoms with E-state index in [0.29, 0.717) is 0 Å². The van der Waals surface area contributed by atoms with Crippen LogP contribution in [-0.4, -0.2) is 39.4 Å². The molecule has 0 aliphatic rings. The molecule has 154 valence electrons. The van der Waals surface area contributed by atoms with E-state index in [4.69, 9.17) is 18.9 Å². The van der Waals surface area contributed by atoms with Crippen LogP contribution in [0.4, 0.5) is 0 Å². The van der Waals surface area contributed by atoms with Gasteiger partial charge in [-0.15, -0.1) is 0 Å². The second-order valence-electron chi connectivity index (χ2n) is 5.78. The van der Waals surface area contributed by atoms with Gasteiger partial charge in [-0.1, -0.05) is 36.1 Å². The number of methoxy groups -OCH3 is 2. The molecule has 2 rings (SSSR count). The molecule has 0 aliphatic heterocycles. The first-order chi connectivity index (χ1) is 14.6. The zero-order valence-corrected chi connectivity index (χ0v) is 16.8. The molecule has 0 bridgehead atoms. The molecule has 0 radical (unpaired) electrons. The third-order valence-corrected chi connectivity index (χ3v) is 3.75. The number of carbonyl (C=O) groups is 2. The Morgan fingerprint density at radius 1 is 0.700 bits per heavy atom. The molecule has 0 N–H and O–H groups in total. The molecule has 0 aromatic heterocycles. The van der Waals surface area contributed by atoms with Gasteiger partial charge in [-0.3, -0.25) is 0 Å². The van der Waals surface area contributed by atoms with Crippen molar-refractivity contribution in [1.82, 2.24) is 0 Å². The Kier molecular flexibility index (Phi) is 9.28. The number of carbonyl (C=O) groups excluding carboxylic acids is 2. The summed E-state index contributed by atoms with van der Waals surface area (Å²) in [5, 5.41) is 0. The lowest BCUT2D eigenvalue weighted by molar-refractivity contribution is -0.137. The third-order valence-electron chi connectivity index (χ3n) is 3.75. The second-order valence-corrected chi connectivity index (χ2v) is 5.78. The Labute approximate surface area is 175 Å². The van der Waals surface area contributed by atoms with Gasteiger partial charge in [0.2, 0.25) is 0 Å². The minimum Gasteiger partial charge on any atom is -0.497 e. The van der Waals surface area contributed by atoms with Crippen LogP contribution in [0, 0.1) is 11.8 Å². The highest BCUT2D eigenvalue weighted by Crippen LogP contribution is 2.13. The van der Waals surface area contributed by atoms with Crippen LogP contribution in [0.25, 0.3) is 12.2 Å². The summed E-state index contributed by atoms with van der Waals surface area (Å²) in [4.78, 5) is 23.3. The Bertz CT molecular complexity index is 866. The lowest BCUT2D eigenvalue weighted by Crippen LogP contribution is -2.02. The number of benzene rings is 2. The van der Waals surface area contributed by atoms with E-state index < -0.39 is 11.9 Å². The fourth-order valence-electron chi connectivity index (χ4n) is 2.17. The van der Waals surface area contributed by atoms with Crippen molar-refractivity contribution in [3.8, 4) is 23.3 Å². The minimum absolute atomic E-state index is 0.0922. The van der Waals surface area contributed by atoms with Crippen molar-refractivity contribution in [2.75, 3.05) is 27.4 Å². The maximum absolute atomic E-state index is 11.6. The standard InChI is InChI=1S/C24H22O6/c1-27-21-11-5-19(6-12-21)9-15-23(25)29-17-3-4-18-30-24(26)16-10-20-7-13-22(28-2)14-8-20/h5-16H,17-18H2,1-2H3/b15-9+,16-10+. The van der Waals surface area contributed by atoms with Crippen molar-refractivity contribution < 1.29 is 28.5 Å². The van der Waals surface area contributed by atoms with Crippen molar-refractivity contribution in [2.45, 2.75) is 0 Å². The van der Waals surface area contributed by atoms with E-state index in [9.17, 15) is 9.59 Å². The SMILES string of the molecule is COc1ccc(/C=C/C(=O)OCC#CCOC(=O)/C=C/c2ccc(OC)cc2)cc1. The first-order valence-corrected chi connectivity index (χ1v) is 9.04. The van der Waals surface area contributed by atoms with E-state index in [2.05, 4.69) is 11.8 Å². The van der Waals surface area contributed by atoms with Crippen LogP contribution in [0.15, 0.2) is 60.7 Å². The van der Waals surface area contributed by atoms with Gasteiger partial charge >= 0.3 is 11.9 Å². The highest BCUT2D eigenvalue weighted by atomic mass is 16.5. The zero-order chi connectivity index (χ0) is 21.6. The van der Waals surface area contributed by atoms with Crippen LogP contribution in [0.2, 0.25) is 0 Å². The molecular formula is C24H22O6. The molecule has 0 heterocycles. The lowest BCUT2D eigenvalue weighted by Gasteiger charge is -1.99. The van der Waals surface area contributed by atoms with Crippen LogP contribution >= 0.6 is 0 Å². The van der Waals surface area contributed by atoms with Crippen LogP contribution in [0.5, 0.6) is 11.5 Å². The number of esters is 2. The van der Waals surface area contributed by atoms with Gasteiger partial charge in [0, 0.05) is 12.2 Å². The Hall–Kier alpha value is -3.98. The molecule has 0 atom stereocenters. The van der Waals surface area contributed by atoms with Gasteiger partial charge in [-0.25, -0.2) is 9.59 Å². The summed E-state index contributed by atoms with van der Waals surface area (Å²) in [5.41, 5.74) is 1.68.